The maximum absolute atomic E-state index is 12.9. The molecule has 7 heteroatoms. The predicted molar refractivity (Wildman–Crippen MR) is 105 cm³/mol. The van der Waals surface area contributed by atoms with Gasteiger partial charge in [-0.1, -0.05) is 18.2 Å². The number of hydrogen-bond donors (Lipinski definition) is 1. The Bertz CT molecular complexity index is 890. The summed E-state index contributed by atoms with van der Waals surface area (Å²) in [5.74, 6) is -1.52. The highest BCUT2D eigenvalue weighted by atomic mass is 16.4. The molecule has 0 unspecified atom stereocenters. The summed E-state index contributed by atoms with van der Waals surface area (Å²) in [6.07, 6.45) is 0.158. The lowest BCUT2D eigenvalue weighted by molar-refractivity contribution is -0.123. The van der Waals surface area contributed by atoms with Gasteiger partial charge in [-0.05, 0) is 36.4 Å². The van der Waals surface area contributed by atoms with Gasteiger partial charge >= 0.3 is 5.97 Å². The van der Waals surface area contributed by atoms with Gasteiger partial charge in [0.2, 0.25) is 5.91 Å². The summed E-state index contributed by atoms with van der Waals surface area (Å²) in [5, 5.41) is 9.00. The number of carbonyl (C=O) groups is 3. The van der Waals surface area contributed by atoms with Crippen molar-refractivity contribution < 1.29 is 19.5 Å². The van der Waals surface area contributed by atoms with Crippen LogP contribution >= 0.6 is 0 Å². The van der Waals surface area contributed by atoms with E-state index in [0.717, 1.165) is 18.8 Å². The van der Waals surface area contributed by atoms with Crippen LogP contribution in [0.25, 0.3) is 0 Å². The molecule has 28 heavy (non-hydrogen) atoms. The molecule has 0 bridgehead atoms. The lowest BCUT2D eigenvalue weighted by Crippen LogP contribution is -2.52. The number of amides is 2. The molecule has 0 saturated carbocycles. The van der Waals surface area contributed by atoms with Crippen LogP contribution in [0.15, 0.2) is 54.6 Å². The summed E-state index contributed by atoms with van der Waals surface area (Å²) in [6, 6.07) is 15.5. The first-order valence-corrected chi connectivity index (χ1v) is 9.29. The van der Waals surface area contributed by atoms with Gasteiger partial charge in [0, 0.05) is 31.9 Å². The van der Waals surface area contributed by atoms with Crippen molar-refractivity contribution in [1.82, 2.24) is 4.90 Å². The number of piperazine rings is 1. The van der Waals surface area contributed by atoms with Gasteiger partial charge in [0.05, 0.1) is 23.7 Å². The first-order valence-electron chi connectivity index (χ1n) is 9.29. The van der Waals surface area contributed by atoms with Crippen LogP contribution in [-0.2, 0) is 9.59 Å². The predicted octanol–water partition coefficient (Wildman–Crippen LogP) is 1.84. The molecular formula is C21H21N3O4. The summed E-state index contributed by atoms with van der Waals surface area (Å²) in [4.78, 5) is 41.9. The normalized spacial score (nSPS) is 20.6. The molecule has 2 amide bonds. The number of aromatic carboxylic acids is 1. The van der Waals surface area contributed by atoms with E-state index < -0.39 is 12.0 Å². The molecule has 2 saturated heterocycles. The molecule has 1 N–H and O–H groups in total. The highest BCUT2D eigenvalue weighted by Gasteiger charge is 2.43. The van der Waals surface area contributed by atoms with E-state index in [0.29, 0.717) is 18.8 Å². The molecule has 0 aliphatic carbocycles. The minimum Gasteiger partial charge on any atom is -0.478 e. The van der Waals surface area contributed by atoms with Gasteiger partial charge in [0.1, 0.15) is 0 Å². The van der Waals surface area contributed by atoms with Crippen LogP contribution in [0.1, 0.15) is 16.8 Å². The molecule has 0 spiro atoms. The van der Waals surface area contributed by atoms with Crippen molar-refractivity contribution >= 4 is 29.2 Å². The fourth-order valence-corrected chi connectivity index (χ4v) is 3.86. The van der Waals surface area contributed by atoms with E-state index in [4.69, 9.17) is 5.11 Å². The minimum atomic E-state index is -1.04. The molecule has 1 atom stereocenters. The Kier molecular flexibility index (Phi) is 4.83. The van der Waals surface area contributed by atoms with E-state index in [1.807, 2.05) is 18.2 Å². The van der Waals surface area contributed by atoms with Gasteiger partial charge in [-0.3, -0.25) is 14.5 Å². The van der Waals surface area contributed by atoms with Crippen LogP contribution in [0.2, 0.25) is 0 Å². The molecule has 0 aromatic heterocycles. The summed E-state index contributed by atoms with van der Waals surface area (Å²) in [6.45, 7) is 3.03. The van der Waals surface area contributed by atoms with Gasteiger partial charge in [0.15, 0.2) is 0 Å². The van der Waals surface area contributed by atoms with Crippen molar-refractivity contribution in [3.8, 4) is 0 Å². The minimum absolute atomic E-state index is 0.122. The van der Waals surface area contributed by atoms with E-state index in [1.165, 1.54) is 29.2 Å². The molecule has 7 nitrogen and oxygen atoms in total. The van der Waals surface area contributed by atoms with E-state index in [9.17, 15) is 14.4 Å². The van der Waals surface area contributed by atoms with Gasteiger partial charge < -0.3 is 10.0 Å². The molecular weight excluding hydrogens is 358 g/mol. The second-order valence-corrected chi connectivity index (χ2v) is 7.00. The molecule has 2 heterocycles. The maximum atomic E-state index is 12.9. The summed E-state index contributed by atoms with van der Waals surface area (Å²) >= 11 is 0. The maximum Gasteiger partial charge on any atom is 0.335 e. The monoisotopic (exact) mass is 379 g/mol. The lowest BCUT2D eigenvalue weighted by atomic mass is 10.1. The fourth-order valence-electron chi connectivity index (χ4n) is 3.86. The van der Waals surface area contributed by atoms with Gasteiger partial charge in [-0.15, -0.1) is 0 Å². The van der Waals surface area contributed by atoms with Crippen LogP contribution in [-0.4, -0.2) is 60.0 Å². The second kappa shape index (κ2) is 7.44. The zero-order valence-electron chi connectivity index (χ0n) is 15.3. The topological polar surface area (TPSA) is 81.2 Å². The summed E-state index contributed by atoms with van der Waals surface area (Å²) in [7, 11) is 0. The van der Waals surface area contributed by atoms with Gasteiger partial charge in [-0.25, -0.2) is 9.69 Å². The Balaban J connectivity index is 1.44. The summed E-state index contributed by atoms with van der Waals surface area (Å²) in [5.41, 5.74) is 1.71. The first kappa shape index (κ1) is 18.2. The van der Waals surface area contributed by atoms with E-state index in [2.05, 4.69) is 21.9 Å². The third-order valence-electron chi connectivity index (χ3n) is 5.37. The fraction of sp³-hybridized carbons (Fsp3) is 0.286. The Morgan fingerprint density at radius 2 is 1.50 bits per heavy atom. The number of carboxylic acid groups (broad SMARTS) is 1. The van der Waals surface area contributed by atoms with Crippen molar-refractivity contribution in [3.05, 3.63) is 60.2 Å². The molecule has 144 valence electrons. The van der Waals surface area contributed by atoms with Crippen LogP contribution < -0.4 is 9.80 Å². The third-order valence-corrected chi connectivity index (χ3v) is 5.37. The van der Waals surface area contributed by atoms with Gasteiger partial charge in [-0.2, -0.15) is 0 Å². The number of nitrogens with zero attached hydrogens (tertiary/aromatic N) is 3. The number of anilines is 2. The molecule has 2 fully saturated rings. The quantitative estimate of drug-likeness (QED) is 0.817. The van der Waals surface area contributed by atoms with Crippen molar-refractivity contribution in [3.63, 3.8) is 0 Å². The largest absolute Gasteiger partial charge is 0.478 e. The number of para-hydroxylation sites is 1. The highest BCUT2D eigenvalue weighted by Crippen LogP contribution is 2.27. The average Bonchev–Trinajstić information content (AvgIpc) is 3.03. The van der Waals surface area contributed by atoms with Crippen molar-refractivity contribution in [1.29, 1.82) is 0 Å². The van der Waals surface area contributed by atoms with E-state index in [-0.39, 0.29) is 23.8 Å². The molecule has 2 aliphatic rings. The van der Waals surface area contributed by atoms with Crippen LogP contribution in [0.3, 0.4) is 0 Å². The van der Waals surface area contributed by atoms with E-state index >= 15 is 0 Å². The highest BCUT2D eigenvalue weighted by molar-refractivity contribution is 6.22. The van der Waals surface area contributed by atoms with Crippen molar-refractivity contribution in [2.75, 3.05) is 36.0 Å². The number of imide groups is 1. The number of hydrogen-bond acceptors (Lipinski definition) is 5. The van der Waals surface area contributed by atoms with Crippen LogP contribution in [0.5, 0.6) is 0 Å². The Hall–Kier alpha value is -3.19. The van der Waals surface area contributed by atoms with Crippen molar-refractivity contribution in [2.45, 2.75) is 12.5 Å². The Morgan fingerprint density at radius 1 is 0.857 bits per heavy atom. The number of rotatable bonds is 4. The van der Waals surface area contributed by atoms with Crippen LogP contribution in [0.4, 0.5) is 11.4 Å². The van der Waals surface area contributed by atoms with E-state index in [1.54, 1.807) is 0 Å². The smallest absolute Gasteiger partial charge is 0.335 e. The number of carbonyl (C=O) groups excluding carboxylic acids is 2. The zero-order valence-corrected chi connectivity index (χ0v) is 15.3. The van der Waals surface area contributed by atoms with Gasteiger partial charge in [0.25, 0.3) is 5.91 Å². The zero-order chi connectivity index (χ0) is 19.7. The summed E-state index contributed by atoms with van der Waals surface area (Å²) < 4.78 is 0. The first-order chi connectivity index (χ1) is 13.5. The molecule has 4 rings (SSSR count). The molecule has 0 radical (unpaired) electrons. The Morgan fingerprint density at radius 3 is 2.11 bits per heavy atom. The SMILES string of the molecule is O=C(O)c1ccc(N2C(=O)C[C@H](N3CCN(c4ccccc4)CC3)C2=O)cc1. The third kappa shape index (κ3) is 3.36. The number of benzene rings is 2. The molecule has 2 aliphatic heterocycles. The second-order valence-electron chi connectivity index (χ2n) is 7.00. The van der Waals surface area contributed by atoms with Crippen molar-refractivity contribution in [2.24, 2.45) is 0 Å². The number of carboxylic acids is 1. The average molecular weight is 379 g/mol. The molecule has 2 aromatic carbocycles. The lowest BCUT2D eigenvalue weighted by Gasteiger charge is -2.38. The molecule has 2 aromatic rings. The Labute approximate surface area is 162 Å². The van der Waals surface area contributed by atoms with Crippen LogP contribution in [0, 0.1) is 0 Å². The standard InChI is InChI=1S/C21H21N3O4/c25-19-14-18(20(26)24(19)17-8-6-15(7-9-17)21(27)28)23-12-10-22(11-13-23)16-4-2-1-3-5-16/h1-9,18H,10-14H2,(H,27,28)/t18-/m0/s1.